The Kier molecular flexibility index (Phi) is 4.61. The Labute approximate surface area is 149 Å². The zero-order valence-corrected chi connectivity index (χ0v) is 15.1. The fraction of sp³-hybridized carbons (Fsp3) is 0.0526. The molecule has 0 amide bonds. The molecular formula is C19H14BrNO2S. The van der Waals surface area contributed by atoms with Gasteiger partial charge in [0.25, 0.3) is 10.0 Å². The first-order valence-electron chi connectivity index (χ1n) is 7.26. The molecule has 3 rings (SSSR count). The van der Waals surface area contributed by atoms with Crippen molar-refractivity contribution in [2.75, 3.05) is 0 Å². The van der Waals surface area contributed by atoms with E-state index in [0.29, 0.717) is 23.2 Å². The van der Waals surface area contributed by atoms with Gasteiger partial charge in [0.05, 0.1) is 21.7 Å². The van der Waals surface area contributed by atoms with E-state index < -0.39 is 10.0 Å². The summed E-state index contributed by atoms with van der Waals surface area (Å²) in [5, 5.41) is 0.806. The summed E-state index contributed by atoms with van der Waals surface area (Å²) in [4.78, 5) is 2.94. The third-order valence-electron chi connectivity index (χ3n) is 3.72. The number of halogens is 1. The average Bonchev–Trinajstić information content (AvgIpc) is 2.91. The van der Waals surface area contributed by atoms with Crippen LogP contribution in [0.1, 0.15) is 11.3 Å². The van der Waals surface area contributed by atoms with Crippen molar-refractivity contribution < 1.29 is 8.42 Å². The van der Waals surface area contributed by atoms with Gasteiger partial charge >= 0.3 is 0 Å². The highest BCUT2D eigenvalue weighted by atomic mass is 79.9. The van der Waals surface area contributed by atoms with Crippen molar-refractivity contribution in [2.24, 2.45) is 0 Å². The highest BCUT2D eigenvalue weighted by molar-refractivity contribution is 9.12. The number of nitrogens with zero attached hydrogens (tertiary/aromatic N) is 1. The third kappa shape index (κ3) is 2.68. The molecule has 0 aliphatic rings. The number of allylic oxidation sites excluding steroid dienone is 1. The highest BCUT2D eigenvalue weighted by Gasteiger charge is 2.25. The maximum Gasteiger partial charge on any atom is 0.268 e. The molecule has 0 aliphatic heterocycles. The van der Waals surface area contributed by atoms with Gasteiger partial charge in [0.15, 0.2) is 0 Å². The molecule has 0 bridgehead atoms. The van der Waals surface area contributed by atoms with E-state index in [9.17, 15) is 8.42 Å². The second-order valence-corrected chi connectivity index (χ2v) is 7.32. The molecule has 24 heavy (non-hydrogen) atoms. The van der Waals surface area contributed by atoms with Crippen molar-refractivity contribution in [3.8, 4) is 10.8 Å². The standard InChI is InChI=1S/C19H14BrNO2S/c1-2-8-18-17(13-14-20)16-11-6-7-12-19(16)21(18)24(22,23)15-9-4-3-5-10-15/h2-7,9-12H,1,8H2. The number of rotatable bonds is 4. The molecule has 2 aromatic carbocycles. The SMILES string of the molecule is C=CCc1c(C#CBr)c2ccccc2n1S(=O)(=O)c1ccccc1. The summed E-state index contributed by atoms with van der Waals surface area (Å²) >= 11 is 3.12. The van der Waals surface area contributed by atoms with Crippen LogP contribution in [0, 0.1) is 10.8 Å². The molecule has 0 radical (unpaired) electrons. The number of aromatic nitrogens is 1. The number of fused-ring (bicyclic) bond motifs is 1. The largest absolute Gasteiger partial charge is 0.268 e. The Bertz CT molecular complexity index is 1070. The molecule has 120 valence electrons. The molecule has 0 saturated heterocycles. The summed E-state index contributed by atoms with van der Waals surface area (Å²) in [5.41, 5.74) is 1.92. The van der Waals surface area contributed by atoms with Crippen LogP contribution in [0.2, 0.25) is 0 Å². The molecule has 0 aliphatic carbocycles. The summed E-state index contributed by atoms with van der Waals surface area (Å²) in [7, 11) is -3.73. The first kappa shape index (κ1) is 16.6. The first-order valence-corrected chi connectivity index (χ1v) is 9.50. The van der Waals surface area contributed by atoms with Gasteiger partial charge in [-0.15, -0.1) is 6.58 Å². The molecular weight excluding hydrogens is 386 g/mol. The average molecular weight is 400 g/mol. The Balaban J connectivity index is 2.45. The van der Waals surface area contributed by atoms with Crippen molar-refractivity contribution in [1.29, 1.82) is 0 Å². The Morgan fingerprint density at radius 3 is 2.42 bits per heavy atom. The van der Waals surface area contributed by atoms with Crippen molar-refractivity contribution in [2.45, 2.75) is 11.3 Å². The lowest BCUT2D eigenvalue weighted by atomic mass is 10.1. The summed E-state index contributed by atoms with van der Waals surface area (Å²) in [5.74, 6) is 2.98. The van der Waals surface area contributed by atoms with Gasteiger partial charge in [-0.1, -0.05) is 48.4 Å². The van der Waals surface area contributed by atoms with Crippen LogP contribution in [0.15, 0.2) is 72.1 Å². The zero-order valence-electron chi connectivity index (χ0n) is 12.7. The van der Waals surface area contributed by atoms with Crippen molar-refractivity contribution >= 4 is 36.9 Å². The monoisotopic (exact) mass is 399 g/mol. The topological polar surface area (TPSA) is 39.1 Å². The smallest absolute Gasteiger partial charge is 0.236 e. The van der Waals surface area contributed by atoms with Gasteiger partial charge in [-0.25, -0.2) is 12.4 Å². The van der Waals surface area contributed by atoms with Crippen LogP contribution in [0.25, 0.3) is 10.9 Å². The second kappa shape index (κ2) is 6.68. The summed E-state index contributed by atoms with van der Waals surface area (Å²) in [6, 6.07) is 15.8. The quantitative estimate of drug-likeness (QED) is 0.484. The van der Waals surface area contributed by atoms with Crippen LogP contribution in [0.3, 0.4) is 0 Å². The molecule has 0 unspecified atom stereocenters. The van der Waals surface area contributed by atoms with E-state index in [0.717, 1.165) is 5.39 Å². The van der Waals surface area contributed by atoms with Crippen molar-refractivity contribution in [3.63, 3.8) is 0 Å². The van der Waals surface area contributed by atoms with Crippen molar-refractivity contribution in [3.05, 3.63) is 78.5 Å². The fourth-order valence-corrected chi connectivity index (χ4v) is 4.53. The molecule has 3 nitrogen and oxygen atoms in total. The lowest BCUT2D eigenvalue weighted by Gasteiger charge is -2.11. The minimum atomic E-state index is -3.73. The normalized spacial score (nSPS) is 11.0. The molecule has 0 atom stereocenters. The number of benzene rings is 2. The number of para-hydroxylation sites is 1. The van der Waals surface area contributed by atoms with Gasteiger partial charge in [0, 0.05) is 27.7 Å². The Morgan fingerprint density at radius 2 is 1.75 bits per heavy atom. The van der Waals surface area contributed by atoms with Crippen LogP contribution in [-0.2, 0) is 16.4 Å². The molecule has 1 heterocycles. The van der Waals surface area contributed by atoms with Gasteiger partial charge in [-0.3, -0.25) is 0 Å². The second-order valence-electron chi connectivity index (χ2n) is 5.13. The molecule has 0 N–H and O–H groups in total. The van der Waals surface area contributed by atoms with Gasteiger partial charge in [-0.05, 0) is 23.0 Å². The van der Waals surface area contributed by atoms with E-state index in [4.69, 9.17) is 0 Å². The lowest BCUT2D eigenvalue weighted by molar-refractivity contribution is 0.587. The molecule has 0 fully saturated rings. The lowest BCUT2D eigenvalue weighted by Crippen LogP contribution is -2.15. The van der Waals surface area contributed by atoms with Crippen LogP contribution >= 0.6 is 15.9 Å². The van der Waals surface area contributed by atoms with Crippen LogP contribution in [-0.4, -0.2) is 12.4 Å². The Morgan fingerprint density at radius 1 is 1.08 bits per heavy atom. The van der Waals surface area contributed by atoms with E-state index in [1.807, 2.05) is 18.2 Å². The van der Waals surface area contributed by atoms with Gasteiger partial charge < -0.3 is 0 Å². The van der Waals surface area contributed by atoms with Gasteiger partial charge in [0.1, 0.15) is 0 Å². The molecule has 5 heteroatoms. The minimum absolute atomic E-state index is 0.245. The van der Waals surface area contributed by atoms with Gasteiger partial charge in [0.2, 0.25) is 0 Å². The van der Waals surface area contributed by atoms with E-state index in [1.165, 1.54) is 3.97 Å². The summed E-state index contributed by atoms with van der Waals surface area (Å²) < 4.78 is 27.8. The van der Waals surface area contributed by atoms with E-state index in [1.54, 1.807) is 42.5 Å². The van der Waals surface area contributed by atoms with Crippen LogP contribution < -0.4 is 0 Å². The van der Waals surface area contributed by atoms with Crippen LogP contribution in [0.5, 0.6) is 0 Å². The molecule has 1 aromatic heterocycles. The van der Waals surface area contributed by atoms with Crippen LogP contribution in [0.4, 0.5) is 0 Å². The fourth-order valence-electron chi connectivity index (χ4n) is 2.75. The minimum Gasteiger partial charge on any atom is -0.236 e. The van der Waals surface area contributed by atoms with E-state index in [2.05, 4.69) is 33.3 Å². The molecule has 0 spiro atoms. The number of hydrogen-bond donors (Lipinski definition) is 0. The highest BCUT2D eigenvalue weighted by Crippen LogP contribution is 2.30. The maximum absolute atomic E-state index is 13.2. The van der Waals surface area contributed by atoms with Gasteiger partial charge in [-0.2, -0.15) is 0 Å². The molecule has 0 saturated carbocycles. The maximum atomic E-state index is 13.2. The Hall–Kier alpha value is -2.29. The van der Waals surface area contributed by atoms with Crippen molar-refractivity contribution in [1.82, 2.24) is 3.97 Å². The zero-order chi connectivity index (χ0) is 17.2. The first-order chi connectivity index (χ1) is 11.6. The summed E-state index contributed by atoms with van der Waals surface area (Å²) in [6.07, 6.45) is 2.09. The molecule has 3 aromatic rings. The summed E-state index contributed by atoms with van der Waals surface area (Å²) in [6.45, 7) is 3.76. The van der Waals surface area contributed by atoms with E-state index in [-0.39, 0.29) is 4.90 Å². The predicted octanol–water partition coefficient (Wildman–Crippen LogP) is 4.31. The predicted molar refractivity (Wildman–Crippen MR) is 101 cm³/mol. The third-order valence-corrected chi connectivity index (χ3v) is 5.68. The van der Waals surface area contributed by atoms with E-state index >= 15 is 0 Å². The number of hydrogen-bond acceptors (Lipinski definition) is 2.